The minimum atomic E-state index is -0.539. The summed E-state index contributed by atoms with van der Waals surface area (Å²) in [6.07, 6.45) is 5.04. The number of amides is 2. The minimum Gasteiger partial charge on any atom is -0.484 e. The fourth-order valence-corrected chi connectivity index (χ4v) is 3.90. The molecule has 2 aromatic rings. The molecule has 0 saturated heterocycles. The van der Waals surface area contributed by atoms with Crippen LogP contribution in [-0.2, 0) is 16.0 Å². The molecule has 30 heavy (non-hydrogen) atoms. The van der Waals surface area contributed by atoms with Gasteiger partial charge >= 0.3 is 0 Å². The Kier molecular flexibility index (Phi) is 7.89. The molecule has 0 aromatic heterocycles. The van der Waals surface area contributed by atoms with Crippen LogP contribution in [0.5, 0.6) is 5.75 Å². The summed E-state index contributed by atoms with van der Waals surface area (Å²) >= 11 is 0. The van der Waals surface area contributed by atoms with E-state index < -0.39 is 6.04 Å². The molecule has 0 heterocycles. The maximum absolute atomic E-state index is 13.0. The first-order valence-corrected chi connectivity index (χ1v) is 10.9. The highest BCUT2D eigenvalue weighted by Crippen LogP contribution is 2.18. The van der Waals surface area contributed by atoms with Crippen molar-refractivity contribution in [1.29, 1.82) is 0 Å². The molecule has 0 unspecified atom stereocenters. The summed E-state index contributed by atoms with van der Waals surface area (Å²) in [6.45, 7) is 4.18. The maximum atomic E-state index is 13.0. The van der Waals surface area contributed by atoms with Gasteiger partial charge in [-0.05, 0) is 56.4 Å². The number of nitrogens with zero attached hydrogens (tertiary/aromatic N) is 1. The Labute approximate surface area is 179 Å². The number of carbonyl (C=O) groups excluding carboxylic acids is 2. The normalized spacial score (nSPS) is 14.9. The molecule has 1 atom stereocenters. The van der Waals surface area contributed by atoms with E-state index in [1.165, 1.54) is 0 Å². The second-order valence-electron chi connectivity index (χ2n) is 8.09. The fraction of sp³-hybridized carbons (Fsp3) is 0.440. The van der Waals surface area contributed by atoms with Gasteiger partial charge in [0.1, 0.15) is 11.8 Å². The highest BCUT2D eigenvalue weighted by atomic mass is 16.5. The van der Waals surface area contributed by atoms with Crippen LogP contribution in [0, 0.1) is 6.92 Å². The van der Waals surface area contributed by atoms with Crippen LogP contribution in [0.3, 0.4) is 0 Å². The smallest absolute Gasteiger partial charge is 0.261 e. The van der Waals surface area contributed by atoms with E-state index >= 15 is 0 Å². The number of hydrogen-bond donors (Lipinski definition) is 1. The van der Waals surface area contributed by atoms with E-state index in [0.29, 0.717) is 18.7 Å². The lowest BCUT2D eigenvalue weighted by Crippen LogP contribution is -2.51. The first-order chi connectivity index (χ1) is 14.5. The molecule has 0 radical (unpaired) electrons. The molecule has 1 aliphatic carbocycles. The fourth-order valence-electron chi connectivity index (χ4n) is 3.90. The number of benzene rings is 2. The zero-order valence-corrected chi connectivity index (χ0v) is 18.0. The summed E-state index contributed by atoms with van der Waals surface area (Å²) in [6, 6.07) is 17.3. The van der Waals surface area contributed by atoms with Crippen LogP contribution >= 0.6 is 0 Å². The first-order valence-electron chi connectivity index (χ1n) is 10.9. The predicted molar refractivity (Wildman–Crippen MR) is 118 cm³/mol. The van der Waals surface area contributed by atoms with E-state index in [-0.39, 0.29) is 24.5 Å². The van der Waals surface area contributed by atoms with Crippen molar-refractivity contribution < 1.29 is 14.3 Å². The molecule has 0 aliphatic heterocycles. The molecular weight excluding hydrogens is 376 g/mol. The van der Waals surface area contributed by atoms with Gasteiger partial charge in [-0.2, -0.15) is 0 Å². The van der Waals surface area contributed by atoms with Gasteiger partial charge in [0.15, 0.2) is 6.61 Å². The Bertz CT molecular complexity index is 831. The maximum Gasteiger partial charge on any atom is 0.261 e. The average Bonchev–Trinajstić information content (AvgIpc) is 3.26. The van der Waals surface area contributed by atoms with Gasteiger partial charge in [0, 0.05) is 12.6 Å². The molecule has 1 saturated carbocycles. The molecule has 1 N–H and O–H groups in total. The Morgan fingerprint density at radius 1 is 1.10 bits per heavy atom. The van der Waals surface area contributed by atoms with Crippen molar-refractivity contribution in [3.63, 3.8) is 0 Å². The van der Waals surface area contributed by atoms with Crippen molar-refractivity contribution in [3.8, 4) is 5.75 Å². The van der Waals surface area contributed by atoms with E-state index in [4.69, 9.17) is 4.74 Å². The van der Waals surface area contributed by atoms with Crippen LogP contribution in [0.2, 0.25) is 0 Å². The predicted octanol–water partition coefficient (Wildman–Crippen LogP) is 3.89. The monoisotopic (exact) mass is 408 g/mol. The Morgan fingerprint density at radius 2 is 1.83 bits per heavy atom. The van der Waals surface area contributed by atoms with Crippen LogP contribution in [-0.4, -0.2) is 41.9 Å². The third kappa shape index (κ3) is 6.34. The molecule has 2 amide bonds. The zero-order chi connectivity index (χ0) is 21.3. The average molecular weight is 409 g/mol. The van der Waals surface area contributed by atoms with Gasteiger partial charge in [0.05, 0.1) is 0 Å². The molecule has 1 aliphatic rings. The van der Waals surface area contributed by atoms with Crippen LogP contribution in [0.4, 0.5) is 0 Å². The lowest BCUT2D eigenvalue weighted by atomic mass is 10.1. The van der Waals surface area contributed by atoms with E-state index in [1.807, 2.05) is 61.5 Å². The number of rotatable bonds is 9. The minimum absolute atomic E-state index is 0.0840. The van der Waals surface area contributed by atoms with Crippen molar-refractivity contribution in [1.82, 2.24) is 10.2 Å². The summed E-state index contributed by atoms with van der Waals surface area (Å²) in [7, 11) is 0. The second-order valence-corrected chi connectivity index (χ2v) is 8.09. The number of aryl methyl sites for hydroxylation is 1. The van der Waals surface area contributed by atoms with E-state index in [1.54, 1.807) is 11.8 Å². The molecular formula is C25H32N2O3. The Balaban J connectivity index is 1.65. The standard InChI is InChI=1S/C25H32N2O3/c1-19-9-8-14-23(17-19)30-18-24(28)27(16-15-21-10-4-3-5-11-21)20(2)25(29)26-22-12-6-7-13-22/h3-5,8-11,14,17,20,22H,6-7,12-13,15-16,18H2,1-2H3,(H,26,29)/t20-/m1/s1. The van der Waals surface area contributed by atoms with E-state index in [0.717, 1.165) is 36.8 Å². The summed E-state index contributed by atoms with van der Waals surface area (Å²) in [5.41, 5.74) is 2.21. The van der Waals surface area contributed by atoms with Gasteiger partial charge in [0.2, 0.25) is 5.91 Å². The van der Waals surface area contributed by atoms with Gasteiger partial charge < -0.3 is 15.0 Å². The van der Waals surface area contributed by atoms with Crippen molar-refractivity contribution in [3.05, 3.63) is 65.7 Å². The molecule has 3 rings (SSSR count). The van der Waals surface area contributed by atoms with Crippen LogP contribution in [0.15, 0.2) is 54.6 Å². The lowest BCUT2D eigenvalue weighted by molar-refractivity contribution is -0.141. The van der Waals surface area contributed by atoms with Crippen LogP contribution in [0.1, 0.15) is 43.7 Å². The second kappa shape index (κ2) is 10.8. The van der Waals surface area contributed by atoms with Gasteiger partial charge in [-0.3, -0.25) is 9.59 Å². The SMILES string of the molecule is Cc1cccc(OCC(=O)N(CCc2ccccc2)[C@H](C)C(=O)NC2CCCC2)c1. The summed E-state index contributed by atoms with van der Waals surface area (Å²) in [5, 5.41) is 3.12. The van der Waals surface area contributed by atoms with Gasteiger partial charge in [-0.1, -0.05) is 55.3 Å². The molecule has 0 bridgehead atoms. The van der Waals surface area contributed by atoms with Crippen molar-refractivity contribution in [2.45, 2.75) is 58.0 Å². The molecule has 160 valence electrons. The summed E-state index contributed by atoms with van der Waals surface area (Å²) < 4.78 is 5.72. The molecule has 1 fully saturated rings. The third-order valence-corrected chi connectivity index (χ3v) is 5.70. The van der Waals surface area contributed by atoms with Crippen molar-refractivity contribution in [2.24, 2.45) is 0 Å². The summed E-state index contributed by atoms with van der Waals surface area (Å²) in [5.74, 6) is 0.398. The third-order valence-electron chi connectivity index (χ3n) is 5.70. The van der Waals surface area contributed by atoms with E-state index in [9.17, 15) is 9.59 Å². The first kappa shape index (κ1) is 21.9. The highest BCUT2D eigenvalue weighted by Gasteiger charge is 2.28. The number of ether oxygens (including phenoxy) is 1. The number of carbonyl (C=O) groups is 2. The van der Waals surface area contributed by atoms with E-state index in [2.05, 4.69) is 5.32 Å². The van der Waals surface area contributed by atoms with Crippen molar-refractivity contribution in [2.75, 3.05) is 13.2 Å². The Hall–Kier alpha value is -2.82. The lowest BCUT2D eigenvalue weighted by Gasteiger charge is -2.29. The molecule has 5 heteroatoms. The molecule has 2 aromatic carbocycles. The largest absolute Gasteiger partial charge is 0.484 e. The number of nitrogens with one attached hydrogen (secondary N) is 1. The molecule has 0 spiro atoms. The van der Waals surface area contributed by atoms with Gasteiger partial charge in [0.25, 0.3) is 5.91 Å². The van der Waals surface area contributed by atoms with Gasteiger partial charge in [-0.25, -0.2) is 0 Å². The number of hydrogen-bond acceptors (Lipinski definition) is 3. The molecule has 5 nitrogen and oxygen atoms in total. The van der Waals surface area contributed by atoms with Gasteiger partial charge in [-0.15, -0.1) is 0 Å². The summed E-state index contributed by atoms with van der Waals surface area (Å²) in [4.78, 5) is 27.5. The van der Waals surface area contributed by atoms with Crippen molar-refractivity contribution >= 4 is 11.8 Å². The zero-order valence-electron chi connectivity index (χ0n) is 18.0. The quantitative estimate of drug-likeness (QED) is 0.685. The Morgan fingerprint density at radius 3 is 2.53 bits per heavy atom. The topological polar surface area (TPSA) is 58.6 Å². The van der Waals surface area contributed by atoms with Crippen LogP contribution < -0.4 is 10.1 Å². The highest BCUT2D eigenvalue weighted by molar-refractivity contribution is 5.88. The van der Waals surface area contributed by atoms with Crippen LogP contribution in [0.25, 0.3) is 0 Å².